The van der Waals surface area contributed by atoms with E-state index >= 15 is 0 Å². The molecular weight excluding hydrogens is 446 g/mol. The highest BCUT2D eigenvalue weighted by molar-refractivity contribution is 7.83. The standard InChI is InChI=1S/C27H31N3O3S/c1-33-24-13-8-14-25(16-24)34(32)30-23-15-22(17-28-18-23)27(31)29-19-26(20-9-4-2-5-10-20)21-11-6-3-7-12-21/h2-14,16,22-23,26,28,30H,15,17-19H2,1H3,(H,29,31). The van der Waals surface area contributed by atoms with E-state index in [0.717, 1.165) is 0 Å². The van der Waals surface area contributed by atoms with E-state index in [1.165, 1.54) is 11.1 Å². The maximum absolute atomic E-state index is 13.1. The fraction of sp³-hybridized carbons (Fsp3) is 0.296. The number of methoxy groups -OCH3 is 1. The van der Waals surface area contributed by atoms with E-state index < -0.39 is 11.0 Å². The Labute approximate surface area is 203 Å². The first-order valence-corrected chi connectivity index (χ1v) is 12.7. The van der Waals surface area contributed by atoms with Crippen LogP contribution >= 0.6 is 0 Å². The molecule has 6 nitrogen and oxygen atoms in total. The van der Waals surface area contributed by atoms with E-state index in [4.69, 9.17) is 4.74 Å². The third-order valence-corrected chi connectivity index (χ3v) is 7.36. The fourth-order valence-electron chi connectivity index (χ4n) is 4.31. The molecule has 1 aliphatic heterocycles. The molecule has 0 spiro atoms. The molecule has 1 saturated heterocycles. The first-order chi connectivity index (χ1) is 16.6. The number of carbonyl (C=O) groups is 1. The van der Waals surface area contributed by atoms with E-state index in [9.17, 15) is 9.00 Å². The second-order valence-corrected chi connectivity index (χ2v) is 9.72. The molecule has 1 aliphatic rings. The molecule has 3 N–H and O–H groups in total. The van der Waals surface area contributed by atoms with Gasteiger partial charge in [0.15, 0.2) is 0 Å². The van der Waals surface area contributed by atoms with Crippen LogP contribution in [0.1, 0.15) is 23.5 Å². The molecule has 34 heavy (non-hydrogen) atoms. The van der Waals surface area contributed by atoms with E-state index in [-0.39, 0.29) is 23.8 Å². The number of piperidine rings is 1. The highest BCUT2D eigenvalue weighted by Crippen LogP contribution is 2.24. The van der Waals surface area contributed by atoms with Gasteiger partial charge in [0.1, 0.15) is 16.7 Å². The second kappa shape index (κ2) is 11.9. The molecule has 0 saturated carbocycles. The zero-order valence-corrected chi connectivity index (χ0v) is 20.1. The Kier molecular flexibility index (Phi) is 8.46. The third kappa shape index (κ3) is 6.32. The zero-order chi connectivity index (χ0) is 23.8. The number of amides is 1. The van der Waals surface area contributed by atoms with Crippen LogP contribution in [0.4, 0.5) is 0 Å². The lowest BCUT2D eigenvalue weighted by Gasteiger charge is -2.30. The van der Waals surface area contributed by atoms with Crippen molar-refractivity contribution in [1.82, 2.24) is 15.4 Å². The SMILES string of the molecule is COc1cccc(S(=O)NC2CNCC(C(=O)NCC(c3ccccc3)c3ccccc3)C2)c1. The molecule has 1 heterocycles. The van der Waals surface area contributed by atoms with Crippen molar-refractivity contribution >= 4 is 16.9 Å². The van der Waals surface area contributed by atoms with Gasteiger partial charge in [0.2, 0.25) is 5.91 Å². The van der Waals surface area contributed by atoms with Crippen molar-refractivity contribution in [1.29, 1.82) is 0 Å². The monoisotopic (exact) mass is 477 g/mol. The number of carbonyl (C=O) groups excluding carboxylic acids is 1. The molecule has 1 fully saturated rings. The van der Waals surface area contributed by atoms with Gasteiger partial charge in [0, 0.05) is 31.6 Å². The Morgan fingerprint density at radius 1 is 1.00 bits per heavy atom. The highest BCUT2D eigenvalue weighted by Gasteiger charge is 2.28. The van der Waals surface area contributed by atoms with Gasteiger partial charge < -0.3 is 15.4 Å². The summed E-state index contributed by atoms with van der Waals surface area (Å²) in [7, 11) is 0.204. The minimum atomic E-state index is -1.38. The Morgan fingerprint density at radius 3 is 2.32 bits per heavy atom. The van der Waals surface area contributed by atoms with Crippen molar-refractivity contribution < 1.29 is 13.7 Å². The number of hydrogen-bond acceptors (Lipinski definition) is 4. The molecule has 4 rings (SSSR count). The molecule has 0 bridgehead atoms. The lowest BCUT2D eigenvalue weighted by molar-refractivity contribution is -0.125. The van der Waals surface area contributed by atoms with Crippen LogP contribution in [-0.2, 0) is 15.8 Å². The van der Waals surface area contributed by atoms with Crippen LogP contribution in [0, 0.1) is 5.92 Å². The first kappa shape index (κ1) is 24.1. The van der Waals surface area contributed by atoms with Gasteiger partial charge in [0.05, 0.1) is 17.9 Å². The van der Waals surface area contributed by atoms with Gasteiger partial charge >= 0.3 is 0 Å². The second-order valence-electron chi connectivity index (χ2n) is 8.47. The lowest BCUT2D eigenvalue weighted by atomic mass is 9.90. The molecule has 0 aliphatic carbocycles. The number of hydrogen-bond donors (Lipinski definition) is 3. The van der Waals surface area contributed by atoms with E-state index in [2.05, 4.69) is 39.6 Å². The first-order valence-electron chi connectivity index (χ1n) is 11.5. The van der Waals surface area contributed by atoms with E-state index in [1.54, 1.807) is 19.2 Å². The molecular formula is C27H31N3O3S. The van der Waals surface area contributed by atoms with Crippen molar-refractivity contribution in [3.63, 3.8) is 0 Å². The van der Waals surface area contributed by atoms with Crippen LogP contribution in [-0.4, -0.2) is 42.9 Å². The zero-order valence-electron chi connectivity index (χ0n) is 19.3. The number of nitrogens with one attached hydrogen (secondary N) is 3. The van der Waals surface area contributed by atoms with E-state index in [0.29, 0.717) is 36.7 Å². The number of ether oxygens (including phenoxy) is 1. The normalized spacial score (nSPS) is 18.9. The summed E-state index contributed by atoms with van der Waals surface area (Å²) < 4.78 is 21.2. The molecule has 3 aromatic carbocycles. The van der Waals surface area contributed by atoms with E-state index in [1.807, 2.05) is 48.5 Å². The minimum absolute atomic E-state index is 0.0167. The summed E-state index contributed by atoms with van der Waals surface area (Å²) in [5, 5.41) is 6.48. The largest absolute Gasteiger partial charge is 0.497 e. The quantitative estimate of drug-likeness (QED) is 0.442. The maximum Gasteiger partial charge on any atom is 0.224 e. The molecule has 178 valence electrons. The Hall–Kier alpha value is -3.00. The van der Waals surface area contributed by atoms with Crippen molar-refractivity contribution in [3.05, 3.63) is 96.1 Å². The van der Waals surface area contributed by atoms with Gasteiger partial charge in [-0.2, -0.15) is 0 Å². The smallest absolute Gasteiger partial charge is 0.224 e. The highest BCUT2D eigenvalue weighted by atomic mass is 32.2. The minimum Gasteiger partial charge on any atom is -0.497 e. The summed E-state index contributed by atoms with van der Waals surface area (Å²) >= 11 is 0. The molecule has 3 aromatic rings. The van der Waals surface area contributed by atoms with Gasteiger partial charge in [-0.15, -0.1) is 0 Å². The summed E-state index contributed by atoms with van der Waals surface area (Å²) in [6.45, 7) is 1.80. The summed E-state index contributed by atoms with van der Waals surface area (Å²) in [6.07, 6.45) is 0.621. The summed E-state index contributed by atoms with van der Waals surface area (Å²) in [6, 6.07) is 27.6. The Morgan fingerprint density at radius 2 is 1.68 bits per heavy atom. The van der Waals surface area contributed by atoms with Crippen LogP contribution in [0.2, 0.25) is 0 Å². The predicted molar refractivity (Wildman–Crippen MR) is 135 cm³/mol. The molecule has 3 unspecified atom stereocenters. The van der Waals surface area contributed by atoms with Crippen molar-refractivity contribution in [2.45, 2.75) is 23.3 Å². The third-order valence-electron chi connectivity index (χ3n) is 6.13. The molecule has 7 heteroatoms. The summed E-state index contributed by atoms with van der Waals surface area (Å²) in [5.41, 5.74) is 2.34. The van der Waals surface area contributed by atoms with Crippen molar-refractivity contribution in [2.75, 3.05) is 26.7 Å². The van der Waals surface area contributed by atoms with Crippen LogP contribution in [0.5, 0.6) is 5.75 Å². The Balaban J connectivity index is 1.36. The topological polar surface area (TPSA) is 79.5 Å². The Bertz CT molecular complexity index is 1060. The van der Waals surface area contributed by atoms with Gasteiger partial charge in [-0.25, -0.2) is 8.93 Å². The van der Waals surface area contributed by atoms with Crippen LogP contribution in [0.25, 0.3) is 0 Å². The summed E-state index contributed by atoms with van der Waals surface area (Å²) in [5.74, 6) is 0.569. The van der Waals surface area contributed by atoms with Crippen LogP contribution < -0.4 is 20.1 Å². The molecule has 0 radical (unpaired) electrons. The number of rotatable bonds is 9. The fourth-order valence-corrected chi connectivity index (χ4v) is 5.36. The average molecular weight is 478 g/mol. The average Bonchev–Trinajstić information content (AvgIpc) is 2.90. The lowest BCUT2D eigenvalue weighted by Crippen LogP contribution is -2.51. The maximum atomic E-state index is 13.1. The predicted octanol–water partition coefficient (Wildman–Crippen LogP) is 3.23. The van der Waals surface area contributed by atoms with Crippen molar-refractivity contribution in [3.8, 4) is 5.75 Å². The molecule has 3 atom stereocenters. The van der Waals surface area contributed by atoms with Gasteiger partial charge in [-0.3, -0.25) is 4.79 Å². The van der Waals surface area contributed by atoms with Gasteiger partial charge in [-0.05, 0) is 35.7 Å². The van der Waals surface area contributed by atoms with Crippen LogP contribution in [0.3, 0.4) is 0 Å². The van der Waals surface area contributed by atoms with Gasteiger partial charge in [0.25, 0.3) is 0 Å². The molecule has 1 amide bonds. The van der Waals surface area contributed by atoms with Gasteiger partial charge in [-0.1, -0.05) is 66.7 Å². The molecule has 0 aromatic heterocycles. The number of benzene rings is 3. The van der Waals surface area contributed by atoms with Crippen LogP contribution in [0.15, 0.2) is 89.8 Å². The van der Waals surface area contributed by atoms with Crippen molar-refractivity contribution in [2.24, 2.45) is 5.92 Å². The summed E-state index contributed by atoms with van der Waals surface area (Å²) in [4.78, 5) is 13.7.